The summed E-state index contributed by atoms with van der Waals surface area (Å²) in [7, 11) is 5.57. The predicted molar refractivity (Wildman–Crippen MR) is 141 cm³/mol. The molecule has 10 heteroatoms. The molecule has 182 valence electrons. The van der Waals surface area contributed by atoms with Gasteiger partial charge in [0.15, 0.2) is 0 Å². The molecule has 1 aliphatic rings. The number of benzene rings is 1. The number of fused-ring (bicyclic) bond motifs is 1. The van der Waals surface area contributed by atoms with Crippen LogP contribution in [0.3, 0.4) is 0 Å². The Morgan fingerprint density at radius 2 is 1.94 bits per heavy atom. The molecule has 0 unspecified atom stereocenters. The number of thiocarbonyl (C=S) groups is 1. The number of hydrogen-bond acceptors (Lipinski definition) is 6. The number of nitrogens with zero attached hydrogens (tertiary/aromatic N) is 5. The van der Waals surface area contributed by atoms with E-state index in [0.717, 1.165) is 44.7 Å². The van der Waals surface area contributed by atoms with E-state index in [0.29, 0.717) is 35.8 Å². The van der Waals surface area contributed by atoms with Crippen LogP contribution in [-0.2, 0) is 5.41 Å². The maximum atomic E-state index is 13.2. The number of anilines is 1. The summed E-state index contributed by atoms with van der Waals surface area (Å²) in [5, 5.41) is 16.9. The first-order chi connectivity index (χ1) is 15.4. The number of likely N-dealkylation sites (N-methyl/N-ethyl adjacent to an activating group) is 1. The van der Waals surface area contributed by atoms with Gasteiger partial charge < -0.3 is 20.5 Å². The molecular formula is C23H36N6O2S2. The zero-order valence-corrected chi connectivity index (χ0v) is 22.4. The third-order valence-electron chi connectivity index (χ3n) is 5.88. The van der Waals surface area contributed by atoms with Crippen LogP contribution in [0.1, 0.15) is 39.9 Å². The van der Waals surface area contributed by atoms with E-state index < -0.39 is 0 Å². The number of thioether (sulfide) groups is 1. The van der Waals surface area contributed by atoms with Crippen molar-refractivity contribution in [2.75, 3.05) is 58.4 Å². The molecular weight excluding hydrogens is 456 g/mol. The van der Waals surface area contributed by atoms with Gasteiger partial charge in [-0.2, -0.15) is 0 Å². The van der Waals surface area contributed by atoms with E-state index in [1.165, 1.54) is 0 Å². The number of hydroxylamine groups is 2. The molecule has 33 heavy (non-hydrogen) atoms. The van der Waals surface area contributed by atoms with Gasteiger partial charge in [-0.3, -0.25) is 4.48 Å². The quantitative estimate of drug-likeness (QED) is 0.387. The first kappa shape index (κ1) is 25.9. The number of carbonyl (C=O) groups is 1. The van der Waals surface area contributed by atoms with Gasteiger partial charge in [0.05, 0.1) is 36.9 Å². The topological polar surface area (TPSA) is 76.5 Å². The standard InChI is InChI=1S/C23H36N6O2S2/c1-8-13-33-19-15-16-18(28(22(30)26(5)6)20(24-16)23(2,3)4)14-17(19)25-21(32)29(7)11-9-27(31)10-12-29/h14-15H,8-13H2,1-7H3,(H,25,32). The van der Waals surface area contributed by atoms with E-state index in [1.54, 1.807) is 35.3 Å². The normalized spacial score (nSPS) is 16.7. The zero-order chi connectivity index (χ0) is 24.6. The lowest BCUT2D eigenvalue weighted by atomic mass is 9.96. The van der Waals surface area contributed by atoms with Crippen molar-refractivity contribution in [1.82, 2.24) is 19.5 Å². The number of quaternary nitrogens is 1. The second kappa shape index (κ2) is 9.87. The van der Waals surface area contributed by atoms with Gasteiger partial charge in [-0.05, 0) is 24.3 Å². The van der Waals surface area contributed by atoms with Crippen LogP contribution in [0.25, 0.3) is 11.0 Å². The minimum absolute atomic E-state index is 0.129. The fourth-order valence-corrected chi connectivity index (χ4v) is 4.95. The van der Waals surface area contributed by atoms with Crippen LogP contribution < -0.4 is 5.32 Å². The van der Waals surface area contributed by atoms with E-state index in [9.17, 15) is 10.0 Å². The van der Waals surface area contributed by atoms with Crippen LogP contribution in [0.4, 0.5) is 10.5 Å². The molecule has 0 saturated carbocycles. The smallest absolute Gasteiger partial charge is 0.329 e. The molecule has 1 aromatic carbocycles. The van der Waals surface area contributed by atoms with Crippen molar-refractivity contribution >= 4 is 51.8 Å². The Morgan fingerprint density at radius 3 is 2.48 bits per heavy atom. The van der Waals surface area contributed by atoms with Crippen LogP contribution in [-0.4, -0.2) is 88.2 Å². The number of nitrogens with one attached hydrogen (secondary N) is 1. The summed E-state index contributed by atoms with van der Waals surface area (Å²) in [6.45, 7) is 10.6. The number of aromatic nitrogens is 2. The Morgan fingerprint density at radius 1 is 1.30 bits per heavy atom. The molecule has 0 spiro atoms. The fourth-order valence-electron chi connectivity index (χ4n) is 3.77. The Balaban J connectivity index is 2.11. The van der Waals surface area contributed by atoms with Crippen molar-refractivity contribution in [3.05, 3.63) is 23.2 Å². The highest BCUT2D eigenvalue weighted by Gasteiger charge is 2.32. The summed E-state index contributed by atoms with van der Waals surface area (Å²) in [5.74, 6) is 1.70. The van der Waals surface area contributed by atoms with E-state index >= 15 is 0 Å². The summed E-state index contributed by atoms with van der Waals surface area (Å²) < 4.78 is 2.23. The number of rotatable bonds is 4. The van der Waals surface area contributed by atoms with E-state index in [1.807, 2.05) is 6.07 Å². The third kappa shape index (κ3) is 5.51. The lowest BCUT2D eigenvalue weighted by Crippen LogP contribution is -2.60. The van der Waals surface area contributed by atoms with E-state index in [2.05, 4.69) is 46.1 Å². The van der Waals surface area contributed by atoms with Gasteiger partial charge in [-0.15, -0.1) is 11.8 Å². The zero-order valence-electron chi connectivity index (χ0n) is 20.8. The van der Waals surface area contributed by atoms with E-state index in [4.69, 9.17) is 17.2 Å². The highest BCUT2D eigenvalue weighted by Crippen LogP contribution is 2.35. The maximum absolute atomic E-state index is 13.2. The number of hydrogen-bond donors (Lipinski definition) is 1. The highest BCUT2D eigenvalue weighted by atomic mass is 32.2. The Bertz CT molecular complexity index is 1040. The SMILES string of the molecule is CCCSc1cc2nc(C(C)(C)C)n(C(=O)N(C)C)c2cc1NC(=S)[N+]1(C)CCN([O-])CC1. The monoisotopic (exact) mass is 492 g/mol. The Kier molecular flexibility index (Phi) is 7.75. The largest absolute Gasteiger partial charge is 0.785 e. The van der Waals surface area contributed by atoms with E-state index in [-0.39, 0.29) is 11.4 Å². The van der Waals surface area contributed by atoms with Crippen molar-refractivity contribution in [3.63, 3.8) is 0 Å². The maximum Gasteiger partial charge on any atom is 0.329 e. The third-order valence-corrected chi connectivity index (χ3v) is 7.68. The summed E-state index contributed by atoms with van der Waals surface area (Å²) in [6.07, 6.45) is 1.04. The average Bonchev–Trinajstić information content (AvgIpc) is 3.12. The minimum Gasteiger partial charge on any atom is -0.785 e. The van der Waals surface area contributed by atoms with Crippen molar-refractivity contribution < 1.29 is 9.28 Å². The van der Waals surface area contributed by atoms with Crippen LogP contribution >= 0.6 is 24.0 Å². The summed E-state index contributed by atoms with van der Waals surface area (Å²) in [4.78, 5) is 20.7. The highest BCUT2D eigenvalue weighted by molar-refractivity contribution is 7.99. The summed E-state index contributed by atoms with van der Waals surface area (Å²) in [6, 6.07) is 3.93. The number of amides is 1. The fraction of sp³-hybridized carbons (Fsp3) is 0.609. The molecule has 1 aliphatic heterocycles. The average molecular weight is 493 g/mol. The molecule has 1 aromatic heterocycles. The molecule has 1 N–H and O–H groups in total. The van der Waals surface area contributed by atoms with Crippen molar-refractivity contribution in [2.45, 2.75) is 44.4 Å². The predicted octanol–water partition coefficient (Wildman–Crippen LogP) is 4.32. The molecule has 2 heterocycles. The minimum atomic E-state index is -0.305. The number of carbonyl (C=O) groups excluding carboxylic acids is 1. The molecule has 1 saturated heterocycles. The first-order valence-electron chi connectivity index (χ1n) is 11.4. The molecule has 1 fully saturated rings. The number of imidazole rings is 1. The molecule has 0 aliphatic carbocycles. The number of piperazine rings is 1. The van der Waals surface area contributed by atoms with Gasteiger partial charge in [-0.1, -0.05) is 27.7 Å². The Hall–Kier alpha value is -1.72. The molecule has 2 aromatic rings. The van der Waals surface area contributed by atoms with Gasteiger partial charge in [0.2, 0.25) is 0 Å². The van der Waals surface area contributed by atoms with Gasteiger partial charge in [0.1, 0.15) is 5.82 Å². The van der Waals surface area contributed by atoms with Crippen LogP contribution in [0, 0.1) is 5.21 Å². The second-order valence-electron chi connectivity index (χ2n) is 10.1. The van der Waals surface area contributed by atoms with Crippen LogP contribution in [0.15, 0.2) is 17.0 Å². The van der Waals surface area contributed by atoms with Crippen LogP contribution in [0.2, 0.25) is 0 Å². The van der Waals surface area contributed by atoms with Crippen molar-refractivity contribution in [2.24, 2.45) is 0 Å². The van der Waals surface area contributed by atoms with Gasteiger partial charge in [0, 0.05) is 49.7 Å². The molecule has 1 amide bonds. The van der Waals surface area contributed by atoms with Gasteiger partial charge in [-0.25, -0.2) is 14.3 Å². The molecule has 0 atom stereocenters. The molecule has 0 radical (unpaired) electrons. The van der Waals surface area contributed by atoms with Crippen molar-refractivity contribution in [3.8, 4) is 0 Å². The van der Waals surface area contributed by atoms with Gasteiger partial charge >= 0.3 is 6.03 Å². The lowest BCUT2D eigenvalue weighted by molar-refractivity contribution is -0.823. The first-order valence-corrected chi connectivity index (χ1v) is 12.8. The summed E-state index contributed by atoms with van der Waals surface area (Å²) in [5.41, 5.74) is 2.13. The molecule has 3 rings (SSSR count). The second-order valence-corrected chi connectivity index (χ2v) is 11.6. The Labute approximate surface area is 206 Å². The van der Waals surface area contributed by atoms with Gasteiger partial charge in [0.25, 0.3) is 5.11 Å². The molecule has 0 bridgehead atoms. The van der Waals surface area contributed by atoms with Crippen LogP contribution in [0.5, 0.6) is 0 Å². The van der Waals surface area contributed by atoms with Crippen molar-refractivity contribution in [1.29, 1.82) is 0 Å². The summed E-state index contributed by atoms with van der Waals surface area (Å²) >= 11 is 7.58. The lowest BCUT2D eigenvalue weighted by Gasteiger charge is -2.43. The molecule has 8 nitrogen and oxygen atoms in total.